The molecule has 2 aromatic rings. The average molecular weight is 349 g/mol. The van der Waals surface area contributed by atoms with Crippen LogP contribution in [-0.2, 0) is 0 Å². The normalized spacial score (nSPS) is 12.7. The molecule has 18 heavy (non-hydrogen) atoms. The van der Waals surface area contributed by atoms with Gasteiger partial charge in [-0.15, -0.1) is 11.3 Å². The van der Waals surface area contributed by atoms with E-state index in [1.165, 1.54) is 12.1 Å². The van der Waals surface area contributed by atoms with Gasteiger partial charge in [0.05, 0.1) is 9.83 Å². The van der Waals surface area contributed by atoms with Crippen LogP contribution in [0.25, 0.3) is 0 Å². The van der Waals surface area contributed by atoms with Crippen LogP contribution in [0.4, 0.5) is 4.39 Å². The molecule has 0 aliphatic carbocycles. The standard InChI is InChI=1S/C13H12BrClFNS/c1-2-17-13(11-5-6-12(14)18-11)9-4-3-8(16)7-10(9)15/h3-7,13,17H,2H2,1H3. The second kappa shape index (κ2) is 6.15. The van der Waals surface area contributed by atoms with Crippen molar-refractivity contribution in [3.05, 3.63) is 55.4 Å². The molecule has 0 saturated carbocycles. The maximum absolute atomic E-state index is 13.1. The first-order valence-corrected chi connectivity index (χ1v) is 7.54. The first-order chi connectivity index (χ1) is 8.61. The highest BCUT2D eigenvalue weighted by atomic mass is 79.9. The Bertz CT molecular complexity index is 544. The third-order valence-electron chi connectivity index (χ3n) is 2.56. The Balaban J connectivity index is 2.41. The van der Waals surface area contributed by atoms with Crippen molar-refractivity contribution in [2.75, 3.05) is 6.54 Å². The summed E-state index contributed by atoms with van der Waals surface area (Å²) in [5.41, 5.74) is 0.897. The van der Waals surface area contributed by atoms with Crippen LogP contribution in [0.1, 0.15) is 23.4 Å². The predicted molar refractivity (Wildman–Crippen MR) is 78.9 cm³/mol. The van der Waals surface area contributed by atoms with Crippen LogP contribution < -0.4 is 5.32 Å². The summed E-state index contributed by atoms with van der Waals surface area (Å²) in [7, 11) is 0. The number of nitrogens with one attached hydrogen (secondary N) is 1. The summed E-state index contributed by atoms with van der Waals surface area (Å²) in [5.74, 6) is -0.314. The number of thiophene rings is 1. The fourth-order valence-electron chi connectivity index (χ4n) is 1.79. The van der Waals surface area contributed by atoms with Gasteiger partial charge in [0, 0.05) is 9.90 Å². The first kappa shape index (κ1) is 14.0. The molecule has 0 spiro atoms. The van der Waals surface area contributed by atoms with E-state index in [1.807, 2.05) is 19.1 Å². The van der Waals surface area contributed by atoms with Crippen molar-refractivity contribution in [2.45, 2.75) is 13.0 Å². The predicted octanol–water partition coefficient (Wildman–Crippen LogP) is 5.00. The van der Waals surface area contributed by atoms with Crippen LogP contribution in [0, 0.1) is 5.82 Å². The second-order valence-electron chi connectivity index (χ2n) is 3.80. The molecule has 0 aliphatic heterocycles. The Morgan fingerprint density at radius 3 is 2.72 bits per heavy atom. The molecule has 1 unspecified atom stereocenters. The van der Waals surface area contributed by atoms with Crippen molar-refractivity contribution in [1.82, 2.24) is 5.32 Å². The summed E-state index contributed by atoms with van der Waals surface area (Å²) in [6.07, 6.45) is 0. The third-order valence-corrected chi connectivity index (χ3v) is 4.58. The van der Waals surface area contributed by atoms with E-state index in [0.29, 0.717) is 5.02 Å². The largest absolute Gasteiger partial charge is 0.306 e. The molecule has 1 N–H and O–H groups in total. The maximum atomic E-state index is 13.1. The lowest BCUT2D eigenvalue weighted by Gasteiger charge is -2.18. The van der Waals surface area contributed by atoms with E-state index in [0.717, 1.165) is 20.8 Å². The molecular weight excluding hydrogens is 337 g/mol. The van der Waals surface area contributed by atoms with E-state index >= 15 is 0 Å². The van der Waals surface area contributed by atoms with Gasteiger partial charge in [0.2, 0.25) is 0 Å². The maximum Gasteiger partial charge on any atom is 0.124 e. The van der Waals surface area contributed by atoms with Crippen LogP contribution in [-0.4, -0.2) is 6.54 Å². The van der Waals surface area contributed by atoms with Gasteiger partial charge in [-0.05, 0) is 52.3 Å². The van der Waals surface area contributed by atoms with Gasteiger partial charge in [0.25, 0.3) is 0 Å². The summed E-state index contributed by atoms with van der Waals surface area (Å²) < 4.78 is 14.2. The molecule has 1 nitrogen and oxygen atoms in total. The van der Waals surface area contributed by atoms with Gasteiger partial charge in [-0.2, -0.15) is 0 Å². The Morgan fingerprint density at radius 1 is 1.39 bits per heavy atom. The van der Waals surface area contributed by atoms with E-state index in [4.69, 9.17) is 11.6 Å². The Labute approximate surface area is 123 Å². The van der Waals surface area contributed by atoms with E-state index in [-0.39, 0.29) is 11.9 Å². The van der Waals surface area contributed by atoms with Crippen molar-refractivity contribution >= 4 is 38.9 Å². The highest BCUT2D eigenvalue weighted by Gasteiger charge is 2.18. The van der Waals surface area contributed by atoms with E-state index in [1.54, 1.807) is 17.4 Å². The first-order valence-electron chi connectivity index (χ1n) is 5.55. The van der Waals surface area contributed by atoms with Crippen LogP contribution in [0.3, 0.4) is 0 Å². The molecule has 0 aliphatic rings. The van der Waals surface area contributed by atoms with Crippen LogP contribution in [0.15, 0.2) is 34.1 Å². The summed E-state index contributed by atoms with van der Waals surface area (Å²) in [6, 6.07) is 8.57. The minimum absolute atomic E-state index is 0.000556. The minimum atomic E-state index is -0.314. The molecule has 5 heteroatoms. The lowest BCUT2D eigenvalue weighted by atomic mass is 10.1. The summed E-state index contributed by atoms with van der Waals surface area (Å²) >= 11 is 11.2. The highest BCUT2D eigenvalue weighted by Crippen LogP contribution is 2.34. The molecule has 1 aromatic carbocycles. The lowest BCUT2D eigenvalue weighted by molar-refractivity contribution is 0.617. The quantitative estimate of drug-likeness (QED) is 0.819. The molecule has 0 radical (unpaired) electrons. The van der Waals surface area contributed by atoms with Gasteiger partial charge in [-0.25, -0.2) is 4.39 Å². The van der Waals surface area contributed by atoms with Crippen LogP contribution >= 0.6 is 38.9 Å². The topological polar surface area (TPSA) is 12.0 Å². The molecule has 0 bridgehead atoms. The molecule has 1 atom stereocenters. The molecular formula is C13H12BrClFNS. The molecule has 1 heterocycles. The summed E-state index contributed by atoms with van der Waals surface area (Å²) in [5, 5.41) is 3.82. The average Bonchev–Trinajstić information content (AvgIpc) is 2.73. The number of hydrogen-bond acceptors (Lipinski definition) is 2. The molecule has 0 amide bonds. The van der Waals surface area contributed by atoms with Gasteiger partial charge in [-0.3, -0.25) is 0 Å². The molecule has 0 saturated heterocycles. The zero-order chi connectivity index (χ0) is 13.1. The second-order valence-corrected chi connectivity index (χ2v) is 6.70. The van der Waals surface area contributed by atoms with Crippen molar-refractivity contribution < 1.29 is 4.39 Å². The number of rotatable bonds is 4. The van der Waals surface area contributed by atoms with E-state index in [2.05, 4.69) is 21.2 Å². The summed E-state index contributed by atoms with van der Waals surface area (Å²) in [6.45, 7) is 2.85. The third kappa shape index (κ3) is 3.12. The van der Waals surface area contributed by atoms with E-state index in [9.17, 15) is 4.39 Å². The highest BCUT2D eigenvalue weighted by molar-refractivity contribution is 9.11. The molecule has 96 valence electrons. The van der Waals surface area contributed by atoms with Gasteiger partial charge in [-0.1, -0.05) is 24.6 Å². The van der Waals surface area contributed by atoms with Crippen molar-refractivity contribution in [3.8, 4) is 0 Å². The van der Waals surface area contributed by atoms with Crippen molar-refractivity contribution in [3.63, 3.8) is 0 Å². The number of benzene rings is 1. The smallest absolute Gasteiger partial charge is 0.124 e. The fourth-order valence-corrected chi connectivity index (χ4v) is 3.58. The SMILES string of the molecule is CCNC(c1ccc(Br)s1)c1ccc(F)cc1Cl. The summed E-state index contributed by atoms with van der Waals surface area (Å²) in [4.78, 5) is 1.15. The zero-order valence-corrected chi connectivity index (χ0v) is 12.9. The van der Waals surface area contributed by atoms with E-state index < -0.39 is 0 Å². The Kier molecular flexibility index (Phi) is 4.78. The van der Waals surface area contributed by atoms with Gasteiger partial charge in [0.15, 0.2) is 0 Å². The Morgan fingerprint density at radius 2 is 2.17 bits per heavy atom. The fraction of sp³-hybridized carbons (Fsp3) is 0.231. The van der Waals surface area contributed by atoms with Crippen LogP contribution in [0.5, 0.6) is 0 Å². The van der Waals surface area contributed by atoms with Gasteiger partial charge >= 0.3 is 0 Å². The Hall–Kier alpha value is -0.420. The molecule has 1 aromatic heterocycles. The van der Waals surface area contributed by atoms with Crippen LogP contribution in [0.2, 0.25) is 5.02 Å². The lowest BCUT2D eigenvalue weighted by Crippen LogP contribution is -2.21. The minimum Gasteiger partial charge on any atom is -0.306 e. The van der Waals surface area contributed by atoms with Gasteiger partial charge < -0.3 is 5.32 Å². The van der Waals surface area contributed by atoms with Crippen molar-refractivity contribution in [1.29, 1.82) is 0 Å². The monoisotopic (exact) mass is 347 g/mol. The van der Waals surface area contributed by atoms with Crippen molar-refractivity contribution in [2.24, 2.45) is 0 Å². The molecule has 0 fully saturated rings. The van der Waals surface area contributed by atoms with Gasteiger partial charge in [0.1, 0.15) is 5.82 Å². The molecule has 2 rings (SSSR count). The zero-order valence-electron chi connectivity index (χ0n) is 9.71. The number of halogens is 3. The number of hydrogen-bond donors (Lipinski definition) is 1.